The van der Waals surface area contributed by atoms with Crippen LogP contribution in [0.3, 0.4) is 0 Å². The van der Waals surface area contributed by atoms with Gasteiger partial charge in [0.25, 0.3) is 5.91 Å². The van der Waals surface area contributed by atoms with Gasteiger partial charge in [-0.15, -0.1) is 0 Å². The van der Waals surface area contributed by atoms with Gasteiger partial charge in [0.05, 0.1) is 26.5 Å². The maximum absolute atomic E-state index is 12.6. The first-order valence-electron chi connectivity index (χ1n) is 9.00. The molecule has 0 aliphatic carbocycles. The van der Waals surface area contributed by atoms with Crippen molar-refractivity contribution in [1.82, 2.24) is 9.97 Å². The Morgan fingerprint density at radius 2 is 1.79 bits per heavy atom. The molecule has 0 spiro atoms. The molecule has 8 nitrogen and oxygen atoms in total. The maximum atomic E-state index is 12.6. The van der Waals surface area contributed by atoms with Crippen LogP contribution in [0.15, 0.2) is 54.7 Å². The lowest BCUT2D eigenvalue weighted by Crippen LogP contribution is -2.15. The van der Waals surface area contributed by atoms with E-state index in [0.29, 0.717) is 35.2 Å². The highest BCUT2D eigenvalue weighted by Crippen LogP contribution is 2.30. The van der Waals surface area contributed by atoms with E-state index in [1.54, 1.807) is 25.3 Å². The molecular weight excluding hydrogens is 372 g/mol. The van der Waals surface area contributed by atoms with Crippen LogP contribution in [0.5, 0.6) is 17.2 Å². The second-order valence-corrected chi connectivity index (χ2v) is 5.84. The standard InChI is InChI=1S/C21H22N4O4/c1-4-29-17-8-6-5-7-15(17)24-21-22-12-11-16(25-21)20(26)23-14-9-10-18(27-2)19(13-14)28-3/h5-13H,4H2,1-3H3,(H,23,26)(H,22,24,25). The summed E-state index contributed by atoms with van der Waals surface area (Å²) in [6.07, 6.45) is 1.52. The monoisotopic (exact) mass is 394 g/mol. The van der Waals surface area contributed by atoms with Crippen LogP contribution in [-0.4, -0.2) is 36.7 Å². The minimum Gasteiger partial charge on any atom is -0.493 e. The van der Waals surface area contributed by atoms with Gasteiger partial charge in [0.2, 0.25) is 5.95 Å². The highest BCUT2D eigenvalue weighted by Gasteiger charge is 2.12. The number of benzene rings is 2. The zero-order chi connectivity index (χ0) is 20.6. The van der Waals surface area contributed by atoms with E-state index >= 15 is 0 Å². The van der Waals surface area contributed by atoms with Crippen LogP contribution >= 0.6 is 0 Å². The molecule has 29 heavy (non-hydrogen) atoms. The molecule has 0 unspecified atom stereocenters. The van der Waals surface area contributed by atoms with Crippen LogP contribution in [-0.2, 0) is 0 Å². The Morgan fingerprint density at radius 3 is 2.55 bits per heavy atom. The average Bonchev–Trinajstić information content (AvgIpc) is 2.75. The van der Waals surface area contributed by atoms with Crippen LogP contribution in [0.4, 0.5) is 17.3 Å². The van der Waals surface area contributed by atoms with Crippen molar-refractivity contribution in [2.24, 2.45) is 0 Å². The first-order chi connectivity index (χ1) is 14.1. The van der Waals surface area contributed by atoms with Gasteiger partial charge in [0, 0.05) is 18.0 Å². The fourth-order valence-corrected chi connectivity index (χ4v) is 2.63. The van der Waals surface area contributed by atoms with Gasteiger partial charge in [-0.1, -0.05) is 12.1 Å². The number of nitrogens with one attached hydrogen (secondary N) is 2. The van der Waals surface area contributed by atoms with Crippen molar-refractivity contribution in [1.29, 1.82) is 0 Å². The Hall–Kier alpha value is -3.81. The second kappa shape index (κ2) is 9.41. The summed E-state index contributed by atoms with van der Waals surface area (Å²) < 4.78 is 16.0. The van der Waals surface area contributed by atoms with E-state index in [1.807, 2.05) is 31.2 Å². The first-order valence-corrected chi connectivity index (χ1v) is 9.00. The van der Waals surface area contributed by atoms with Crippen molar-refractivity contribution in [3.8, 4) is 17.2 Å². The Labute approximate surface area is 168 Å². The van der Waals surface area contributed by atoms with Gasteiger partial charge >= 0.3 is 0 Å². The second-order valence-electron chi connectivity index (χ2n) is 5.84. The van der Waals surface area contributed by atoms with E-state index in [2.05, 4.69) is 20.6 Å². The number of anilines is 3. The zero-order valence-electron chi connectivity index (χ0n) is 16.4. The van der Waals surface area contributed by atoms with Crippen molar-refractivity contribution in [2.75, 3.05) is 31.5 Å². The SMILES string of the molecule is CCOc1ccccc1Nc1nccc(C(=O)Nc2ccc(OC)c(OC)c2)n1. The molecule has 1 amide bonds. The fraction of sp³-hybridized carbons (Fsp3) is 0.190. The third-order valence-electron chi connectivity index (χ3n) is 3.96. The van der Waals surface area contributed by atoms with E-state index in [-0.39, 0.29) is 17.5 Å². The fourth-order valence-electron chi connectivity index (χ4n) is 2.63. The van der Waals surface area contributed by atoms with Crippen LogP contribution in [0.2, 0.25) is 0 Å². The highest BCUT2D eigenvalue weighted by molar-refractivity contribution is 6.03. The summed E-state index contributed by atoms with van der Waals surface area (Å²) in [5.41, 5.74) is 1.49. The lowest BCUT2D eigenvalue weighted by Gasteiger charge is -2.12. The minimum absolute atomic E-state index is 0.214. The smallest absolute Gasteiger partial charge is 0.274 e. The molecule has 0 bridgehead atoms. The molecule has 0 radical (unpaired) electrons. The molecule has 0 saturated carbocycles. The quantitative estimate of drug-likeness (QED) is 0.598. The summed E-state index contributed by atoms with van der Waals surface area (Å²) in [5.74, 6) is 1.69. The number of methoxy groups -OCH3 is 2. The molecule has 3 aromatic rings. The van der Waals surface area contributed by atoms with Gasteiger partial charge in [-0.2, -0.15) is 0 Å². The van der Waals surface area contributed by atoms with E-state index in [1.165, 1.54) is 19.4 Å². The molecule has 0 aliphatic heterocycles. The largest absolute Gasteiger partial charge is 0.493 e. The number of nitrogens with zero attached hydrogens (tertiary/aromatic N) is 2. The molecule has 3 rings (SSSR count). The van der Waals surface area contributed by atoms with E-state index in [0.717, 1.165) is 0 Å². The third-order valence-corrected chi connectivity index (χ3v) is 3.96. The molecule has 8 heteroatoms. The van der Waals surface area contributed by atoms with E-state index < -0.39 is 0 Å². The number of aromatic nitrogens is 2. The number of ether oxygens (including phenoxy) is 3. The number of hydrogen-bond acceptors (Lipinski definition) is 7. The van der Waals surface area contributed by atoms with E-state index in [4.69, 9.17) is 14.2 Å². The minimum atomic E-state index is -0.374. The Morgan fingerprint density at radius 1 is 1.00 bits per heavy atom. The maximum Gasteiger partial charge on any atom is 0.274 e. The van der Waals surface area contributed by atoms with Crippen molar-refractivity contribution in [3.05, 3.63) is 60.4 Å². The summed E-state index contributed by atoms with van der Waals surface area (Å²) in [6.45, 7) is 2.44. The van der Waals surface area contributed by atoms with Crippen LogP contribution in [0.25, 0.3) is 0 Å². The molecule has 1 aromatic heterocycles. The summed E-state index contributed by atoms with van der Waals surface area (Å²) in [5, 5.41) is 5.88. The van der Waals surface area contributed by atoms with Crippen LogP contribution in [0, 0.1) is 0 Å². The first kappa shape index (κ1) is 19.9. The van der Waals surface area contributed by atoms with Crippen molar-refractivity contribution >= 4 is 23.2 Å². The number of amides is 1. The molecule has 2 aromatic carbocycles. The van der Waals surface area contributed by atoms with Gasteiger partial charge in [-0.3, -0.25) is 4.79 Å². The van der Waals surface area contributed by atoms with E-state index in [9.17, 15) is 4.79 Å². The molecule has 0 saturated heterocycles. The Kier molecular flexibility index (Phi) is 6.47. The van der Waals surface area contributed by atoms with Gasteiger partial charge < -0.3 is 24.8 Å². The van der Waals surface area contributed by atoms with Crippen molar-refractivity contribution < 1.29 is 19.0 Å². The zero-order valence-corrected chi connectivity index (χ0v) is 16.4. The number of rotatable bonds is 8. The van der Waals surface area contributed by atoms with Gasteiger partial charge in [0.15, 0.2) is 11.5 Å². The number of para-hydroxylation sites is 2. The summed E-state index contributed by atoms with van der Waals surface area (Å²) >= 11 is 0. The van der Waals surface area contributed by atoms with Crippen molar-refractivity contribution in [3.63, 3.8) is 0 Å². The van der Waals surface area contributed by atoms with Crippen molar-refractivity contribution in [2.45, 2.75) is 6.92 Å². The topological polar surface area (TPSA) is 94.6 Å². The van der Waals surface area contributed by atoms with Gasteiger partial charge in [0.1, 0.15) is 11.4 Å². The number of hydrogen-bond donors (Lipinski definition) is 2. The Bertz CT molecular complexity index is 994. The lowest BCUT2D eigenvalue weighted by molar-refractivity contribution is 0.102. The summed E-state index contributed by atoms with van der Waals surface area (Å²) in [7, 11) is 3.08. The number of carbonyl (C=O) groups excluding carboxylic acids is 1. The van der Waals surface area contributed by atoms with Gasteiger partial charge in [-0.25, -0.2) is 9.97 Å². The molecule has 1 heterocycles. The lowest BCUT2D eigenvalue weighted by atomic mass is 10.2. The molecule has 0 atom stereocenters. The predicted octanol–water partition coefficient (Wildman–Crippen LogP) is 3.89. The normalized spacial score (nSPS) is 10.2. The molecule has 150 valence electrons. The van der Waals surface area contributed by atoms with Crippen LogP contribution < -0.4 is 24.8 Å². The molecule has 0 aliphatic rings. The highest BCUT2D eigenvalue weighted by atomic mass is 16.5. The molecule has 2 N–H and O–H groups in total. The summed E-state index contributed by atoms with van der Waals surface area (Å²) in [4.78, 5) is 21.1. The summed E-state index contributed by atoms with van der Waals surface area (Å²) in [6, 6.07) is 14.1. The van der Waals surface area contributed by atoms with Gasteiger partial charge in [-0.05, 0) is 37.3 Å². The third kappa shape index (κ3) is 4.92. The predicted molar refractivity (Wildman–Crippen MR) is 110 cm³/mol. The number of carbonyl (C=O) groups is 1. The average molecular weight is 394 g/mol. The molecule has 0 fully saturated rings. The molecular formula is C21H22N4O4. The van der Waals surface area contributed by atoms with Crippen LogP contribution in [0.1, 0.15) is 17.4 Å². The Balaban J connectivity index is 1.76.